The maximum atomic E-state index is 12.2. The zero-order valence-electron chi connectivity index (χ0n) is 11.2. The van der Waals surface area contributed by atoms with Crippen LogP contribution in [-0.2, 0) is 4.74 Å². The van der Waals surface area contributed by atoms with E-state index in [2.05, 4.69) is 17.0 Å². The van der Waals surface area contributed by atoms with Crippen LogP contribution in [-0.4, -0.2) is 25.3 Å². The van der Waals surface area contributed by atoms with Gasteiger partial charge in [0.1, 0.15) is 5.75 Å². The smallest absolute Gasteiger partial charge is 0.387 e. The third-order valence-electron chi connectivity index (χ3n) is 3.46. The van der Waals surface area contributed by atoms with Gasteiger partial charge in [-0.15, -0.1) is 0 Å². The van der Waals surface area contributed by atoms with Gasteiger partial charge in [0.15, 0.2) is 0 Å². The molecule has 2 unspecified atom stereocenters. The molecule has 106 valence electrons. The monoisotopic (exact) mass is 271 g/mol. The minimum absolute atomic E-state index is 0.139. The van der Waals surface area contributed by atoms with Gasteiger partial charge in [-0.1, -0.05) is 19.1 Å². The summed E-state index contributed by atoms with van der Waals surface area (Å²) in [5.74, 6) is 0.167. The first kappa shape index (κ1) is 14.2. The maximum Gasteiger partial charge on any atom is 0.387 e. The Morgan fingerprint density at radius 1 is 1.53 bits per heavy atom. The predicted octanol–water partition coefficient (Wildman–Crippen LogP) is 3.12. The van der Waals surface area contributed by atoms with Gasteiger partial charge in [-0.2, -0.15) is 8.78 Å². The van der Waals surface area contributed by atoms with Crippen LogP contribution in [0.25, 0.3) is 0 Å². The lowest BCUT2D eigenvalue weighted by Crippen LogP contribution is -2.48. The van der Waals surface area contributed by atoms with Crippen LogP contribution in [0.15, 0.2) is 24.3 Å². The zero-order chi connectivity index (χ0) is 13.9. The van der Waals surface area contributed by atoms with E-state index >= 15 is 0 Å². The third-order valence-corrected chi connectivity index (χ3v) is 3.46. The first-order valence-electron chi connectivity index (χ1n) is 6.46. The molecule has 1 N–H and O–H groups in total. The maximum absolute atomic E-state index is 12.2. The number of ether oxygens (including phenoxy) is 2. The highest BCUT2D eigenvalue weighted by Gasteiger charge is 2.32. The molecular formula is C14H19F2NO2. The summed E-state index contributed by atoms with van der Waals surface area (Å²) in [5.41, 5.74) is 0.632. The number of hydrogen-bond acceptors (Lipinski definition) is 3. The van der Waals surface area contributed by atoms with Crippen molar-refractivity contribution in [3.8, 4) is 5.75 Å². The molecule has 1 fully saturated rings. The van der Waals surface area contributed by atoms with E-state index in [0.29, 0.717) is 6.54 Å². The molecule has 1 aromatic carbocycles. The van der Waals surface area contributed by atoms with Crippen molar-refractivity contribution in [3.63, 3.8) is 0 Å². The lowest BCUT2D eigenvalue weighted by atomic mass is 9.98. The summed E-state index contributed by atoms with van der Waals surface area (Å²) in [6, 6.07) is 6.70. The highest BCUT2D eigenvalue weighted by molar-refractivity contribution is 5.30. The molecule has 3 nitrogen and oxygen atoms in total. The Balaban J connectivity index is 2.12. The summed E-state index contributed by atoms with van der Waals surface area (Å²) in [6.07, 6.45) is 0.754. The van der Waals surface area contributed by atoms with Gasteiger partial charge in [-0.05, 0) is 31.0 Å². The molecule has 0 amide bonds. The summed E-state index contributed by atoms with van der Waals surface area (Å²) in [4.78, 5) is 0. The Morgan fingerprint density at radius 3 is 3.00 bits per heavy atom. The van der Waals surface area contributed by atoms with Gasteiger partial charge < -0.3 is 14.8 Å². The van der Waals surface area contributed by atoms with Crippen LogP contribution in [0.2, 0.25) is 0 Å². The minimum Gasteiger partial charge on any atom is -0.435 e. The molecule has 1 aliphatic rings. The van der Waals surface area contributed by atoms with Crippen LogP contribution in [0.1, 0.15) is 31.9 Å². The second-order valence-electron chi connectivity index (χ2n) is 4.99. The average Bonchev–Trinajstić information content (AvgIpc) is 2.38. The van der Waals surface area contributed by atoms with Gasteiger partial charge in [0.25, 0.3) is 0 Å². The SMILES string of the molecule is CCC1(C)CNCC(c2cccc(OC(F)F)c2)O1. The van der Waals surface area contributed by atoms with Gasteiger partial charge in [0.2, 0.25) is 0 Å². The molecule has 0 radical (unpaired) electrons. The van der Waals surface area contributed by atoms with E-state index in [1.165, 1.54) is 6.07 Å². The molecule has 1 aromatic rings. The van der Waals surface area contributed by atoms with Gasteiger partial charge in [0, 0.05) is 13.1 Å². The van der Waals surface area contributed by atoms with E-state index < -0.39 is 6.61 Å². The molecule has 2 rings (SSSR count). The van der Waals surface area contributed by atoms with E-state index in [1.807, 2.05) is 13.0 Å². The Bertz CT molecular complexity index is 428. The van der Waals surface area contributed by atoms with Gasteiger partial charge in [-0.3, -0.25) is 0 Å². The highest BCUT2D eigenvalue weighted by atomic mass is 19.3. The van der Waals surface area contributed by atoms with Crippen molar-refractivity contribution in [3.05, 3.63) is 29.8 Å². The predicted molar refractivity (Wildman–Crippen MR) is 68.5 cm³/mol. The molecule has 0 aromatic heterocycles. The van der Waals surface area contributed by atoms with Crippen LogP contribution in [0, 0.1) is 0 Å². The van der Waals surface area contributed by atoms with Crippen LogP contribution in [0.3, 0.4) is 0 Å². The molecule has 0 bridgehead atoms. The van der Waals surface area contributed by atoms with E-state index in [4.69, 9.17) is 4.74 Å². The van der Waals surface area contributed by atoms with Crippen LogP contribution in [0.5, 0.6) is 5.75 Å². The Kier molecular flexibility index (Phi) is 4.37. The molecule has 2 atom stereocenters. The third kappa shape index (κ3) is 3.64. The number of benzene rings is 1. The molecule has 0 aliphatic carbocycles. The first-order chi connectivity index (χ1) is 9.02. The fourth-order valence-corrected chi connectivity index (χ4v) is 2.18. The number of halogens is 2. The lowest BCUT2D eigenvalue weighted by Gasteiger charge is -2.39. The number of rotatable bonds is 4. The number of morpholine rings is 1. The summed E-state index contributed by atoms with van der Waals surface area (Å²) in [5, 5.41) is 3.32. The van der Waals surface area contributed by atoms with Gasteiger partial charge in [0.05, 0.1) is 11.7 Å². The van der Waals surface area contributed by atoms with Crippen LogP contribution >= 0.6 is 0 Å². The Hall–Kier alpha value is -1.20. The van der Waals surface area contributed by atoms with E-state index in [9.17, 15) is 8.78 Å². The molecule has 19 heavy (non-hydrogen) atoms. The van der Waals surface area contributed by atoms with Crippen molar-refractivity contribution in [2.24, 2.45) is 0 Å². The second-order valence-corrected chi connectivity index (χ2v) is 4.99. The summed E-state index contributed by atoms with van der Waals surface area (Å²) in [6.45, 7) is 2.79. The largest absolute Gasteiger partial charge is 0.435 e. The molecule has 1 aliphatic heterocycles. The lowest BCUT2D eigenvalue weighted by molar-refractivity contribution is -0.109. The first-order valence-corrected chi connectivity index (χ1v) is 6.46. The normalized spacial score (nSPS) is 27.5. The van der Waals surface area contributed by atoms with Crippen LogP contribution < -0.4 is 10.1 Å². The molecule has 0 spiro atoms. The summed E-state index contributed by atoms with van der Waals surface area (Å²) in [7, 11) is 0. The topological polar surface area (TPSA) is 30.5 Å². The number of hydrogen-bond donors (Lipinski definition) is 1. The van der Waals surface area contributed by atoms with Crippen molar-refractivity contribution >= 4 is 0 Å². The van der Waals surface area contributed by atoms with Crippen molar-refractivity contribution < 1.29 is 18.3 Å². The average molecular weight is 271 g/mol. The summed E-state index contributed by atoms with van der Waals surface area (Å²) < 4.78 is 34.9. The fourth-order valence-electron chi connectivity index (χ4n) is 2.18. The quantitative estimate of drug-likeness (QED) is 0.912. The Morgan fingerprint density at radius 2 is 2.32 bits per heavy atom. The number of alkyl halides is 2. The molecule has 1 saturated heterocycles. The second kappa shape index (κ2) is 5.84. The van der Waals surface area contributed by atoms with E-state index in [1.54, 1.807) is 12.1 Å². The molecule has 1 heterocycles. The highest BCUT2D eigenvalue weighted by Crippen LogP contribution is 2.30. The molecule has 0 saturated carbocycles. The molecule has 5 heteroatoms. The van der Waals surface area contributed by atoms with Crippen molar-refractivity contribution in [1.29, 1.82) is 0 Å². The minimum atomic E-state index is -2.80. The number of nitrogens with one attached hydrogen (secondary N) is 1. The molecular weight excluding hydrogens is 252 g/mol. The summed E-state index contributed by atoms with van der Waals surface area (Å²) >= 11 is 0. The van der Waals surface area contributed by atoms with E-state index in [-0.39, 0.29) is 17.5 Å². The van der Waals surface area contributed by atoms with Gasteiger partial charge in [-0.25, -0.2) is 0 Å². The zero-order valence-corrected chi connectivity index (χ0v) is 11.2. The van der Waals surface area contributed by atoms with E-state index in [0.717, 1.165) is 18.5 Å². The standard InChI is InChI=1S/C14H19F2NO2/c1-3-14(2)9-17-8-12(19-14)10-5-4-6-11(7-10)18-13(15)16/h4-7,12-13,17H,3,8-9H2,1-2H3. The fraction of sp³-hybridized carbons (Fsp3) is 0.571. The van der Waals surface area contributed by atoms with Crippen molar-refractivity contribution in [1.82, 2.24) is 5.32 Å². The van der Waals surface area contributed by atoms with Crippen LogP contribution in [0.4, 0.5) is 8.78 Å². The Labute approximate surface area is 111 Å². The van der Waals surface area contributed by atoms with Crippen molar-refractivity contribution in [2.75, 3.05) is 13.1 Å². The van der Waals surface area contributed by atoms with Crippen molar-refractivity contribution in [2.45, 2.75) is 38.6 Å². The van der Waals surface area contributed by atoms with Gasteiger partial charge >= 0.3 is 6.61 Å².